The molecule has 5 heteroatoms. The first-order valence-corrected chi connectivity index (χ1v) is 6.12. The van der Waals surface area contributed by atoms with E-state index in [0.717, 1.165) is 5.75 Å². The largest absolute Gasteiger partial charge is 0.391 e. The molecule has 0 aliphatic heterocycles. The summed E-state index contributed by atoms with van der Waals surface area (Å²) in [7, 11) is 0. The maximum Gasteiger partial charge on any atom is 0.321 e. The third kappa shape index (κ3) is 7.22. The molecule has 1 atom stereocenters. The van der Waals surface area contributed by atoms with Gasteiger partial charge in [0.1, 0.15) is 0 Å². The quantitative estimate of drug-likeness (QED) is 0.490. The summed E-state index contributed by atoms with van der Waals surface area (Å²) in [5, 5.41) is 0. The monoisotopic (exact) mass is 224 g/mol. The van der Waals surface area contributed by atoms with Crippen LogP contribution in [-0.2, 0) is 13.2 Å². The van der Waals surface area contributed by atoms with Crippen molar-refractivity contribution in [2.24, 2.45) is 5.92 Å². The number of carbonyl (C=O) groups is 1. The molecule has 0 aromatic carbocycles. The molecule has 0 aromatic heterocycles. The summed E-state index contributed by atoms with van der Waals surface area (Å²) in [6.07, 6.45) is 0. The van der Waals surface area contributed by atoms with Crippen LogP contribution in [0.25, 0.3) is 0 Å². The Morgan fingerprint density at radius 1 is 1.38 bits per heavy atom. The Kier molecular flexibility index (Phi) is 8.80. The van der Waals surface area contributed by atoms with E-state index in [9.17, 15) is 4.79 Å². The zero-order valence-electron chi connectivity index (χ0n) is 8.24. The van der Waals surface area contributed by atoms with Crippen LogP contribution in [-0.4, -0.2) is 24.1 Å². The van der Waals surface area contributed by atoms with Crippen LogP contribution in [0.4, 0.5) is 0 Å². The second kappa shape index (κ2) is 8.72. The molecule has 0 amide bonds. The highest BCUT2D eigenvalue weighted by Gasteiger charge is 2.14. The van der Waals surface area contributed by atoms with E-state index >= 15 is 0 Å². The standard InChI is InChI=1S/C8H16O3S2/c1-4-10-13-6-7(3)8(9)11-12-5-2/h7H,4-6H2,1-3H3. The number of rotatable bonds is 7. The van der Waals surface area contributed by atoms with Gasteiger partial charge in [0.25, 0.3) is 0 Å². The Morgan fingerprint density at radius 3 is 2.62 bits per heavy atom. The Bertz CT molecular complexity index is 141. The van der Waals surface area contributed by atoms with Crippen molar-refractivity contribution in [3.63, 3.8) is 0 Å². The Balaban J connectivity index is 3.45. The van der Waals surface area contributed by atoms with Gasteiger partial charge in [-0.25, -0.2) is 0 Å². The predicted molar refractivity (Wildman–Crippen MR) is 57.5 cm³/mol. The first-order chi connectivity index (χ1) is 6.22. The molecule has 0 aliphatic carbocycles. The van der Waals surface area contributed by atoms with Crippen LogP contribution >= 0.6 is 24.1 Å². The van der Waals surface area contributed by atoms with Gasteiger partial charge in [0.05, 0.1) is 24.6 Å². The molecule has 0 saturated carbocycles. The minimum Gasteiger partial charge on any atom is -0.391 e. The lowest BCUT2D eigenvalue weighted by Crippen LogP contribution is -2.14. The second-order valence-electron chi connectivity index (χ2n) is 2.40. The lowest BCUT2D eigenvalue weighted by atomic mass is 10.2. The van der Waals surface area contributed by atoms with Crippen LogP contribution in [0, 0.1) is 5.92 Å². The maximum atomic E-state index is 11.2. The third-order valence-electron chi connectivity index (χ3n) is 1.18. The van der Waals surface area contributed by atoms with Crippen LogP contribution in [0.5, 0.6) is 0 Å². The molecule has 0 N–H and O–H groups in total. The zero-order chi connectivity index (χ0) is 10.1. The van der Waals surface area contributed by atoms with E-state index < -0.39 is 0 Å². The molecule has 0 bridgehead atoms. The fourth-order valence-corrected chi connectivity index (χ4v) is 1.50. The molecule has 0 fully saturated rings. The average molecular weight is 224 g/mol. The molecule has 0 rings (SSSR count). The summed E-state index contributed by atoms with van der Waals surface area (Å²) in [6, 6.07) is 0. The summed E-state index contributed by atoms with van der Waals surface area (Å²) in [4.78, 5) is 11.2. The Labute approximate surface area is 88.3 Å². The molecule has 0 aromatic rings. The highest BCUT2D eigenvalue weighted by molar-refractivity contribution is 7.95. The van der Waals surface area contributed by atoms with Crippen molar-refractivity contribution in [2.75, 3.05) is 18.1 Å². The van der Waals surface area contributed by atoms with E-state index in [2.05, 4.69) is 0 Å². The topological polar surface area (TPSA) is 35.5 Å². The fourth-order valence-electron chi connectivity index (χ4n) is 0.501. The number of hydrogen-bond acceptors (Lipinski definition) is 5. The van der Waals surface area contributed by atoms with E-state index in [1.54, 1.807) is 0 Å². The predicted octanol–water partition coefficient (Wildman–Crippen LogP) is 2.52. The van der Waals surface area contributed by atoms with Gasteiger partial charge in [-0.2, -0.15) is 0 Å². The molecule has 3 nitrogen and oxygen atoms in total. The zero-order valence-corrected chi connectivity index (χ0v) is 9.87. The lowest BCUT2D eigenvalue weighted by molar-refractivity contribution is -0.136. The first kappa shape index (κ1) is 13.1. The summed E-state index contributed by atoms with van der Waals surface area (Å²) < 4.78 is 9.95. The molecule has 78 valence electrons. The van der Waals surface area contributed by atoms with Crippen LogP contribution in [0.1, 0.15) is 20.8 Å². The average Bonchev–Trinajstić information content (AvgIpc) is 2.14. The van der Waals surface area contributed by atoms with E-state index in [0.29, 0.717) is 12.4 Å². The molecule has 0 aliphatic rings. The summed E-state index contributed by atoms with van der Waals surface area (Å²) >= 11 is 2.50. The summed E-state index contributed by atoms with van der Waals surface area (Å²) in [6.45, 7) is 6.36. The van der Waals surface area contributed by atoms with Gasteiger partial charge >= 0.3 is 5.97 Å². The first-order valence-electron chi connectivity index (χ1n) is 4.30. The van der Waals surface area contributed by atoms with Gasteiger partial charge < -0.3 is 8.37 Å². The third-order valence-corrected chi connectivity index (χ3v) is 2.74. The summed E-state index contributed by atoms with van der Waals surface area (Å²) in [5.74, 6) is 1.17. The SMILES string of the molecule is CCOSCC(C)C(=O)OSCC. The van der Waals surface area contributed by atoms with Crippen LogP contribution in [0.15, 0.2) is 0 Å². The van der Waals surface area contributed by atoms with Crippen molar-refractivity contribution in [1.82, 2.24) is 0 Å². The van der Waals surface area contributed by atoms with Gasteiger partial charge in [-0.1, -0.05) is 13.8 Å². The molecular formula is C8H16O3S2. The molecule has 0 spiro atoms. The molecular weight excluding hydrogens is 208 g/mol. The van der Waals surface area contributed by atoms with Crippen LogP contribution in [0.3, 0.4) is 0 Å². The smallest absolute Gasteiger partial charge is 0.321 e. The normalized spacial score (nSPS) is 12.5. The Hall–Kier alpha value is 0.130. The van der Waals surface area contributed by atoms with Crippen molar-refractivity contribution in [2.45, 2.75) is 20.8 Å². The summed E-state index contributed by atoms with van der Waals surface area (Å²) in [5.41, 5.74) is 0. The number of hydrogen-bond donors (Lipinski definition) is 0. The molecule has 13 heavy (non-hydrogen) atoms. The second-order valence-corrected chi connectivity index (χ2v) is 4.19. The van der Waals surface area contributed by atoms with Gasteiger partial charge in [-0.05, 0) is 19.0 Å². The maximum absolute atomic E-state index is 11.2. The minimum atomic E-state index is -0.168. The van der Waals surface area contributed by atoms with Crippen molar-refractivity contribution < 1.29 is 13.2 Å². The molecule has 0 heterocycles. The van der Waals surface area contributed by atoms with E-state index in [1.807, 2.05) is 20.8 Å². The van der Waals surface area contributed by atoms with Crippen molar-refractivity contribution in [3.8, 4) is 0 Å². The lowest BCUT2D eigenvalue weighted by Gasteiger charge is -2.08. The van der Waals surface area contributed by atoms with E-state index in [4.69, 9.17) is 8.37 Å². The van der Waals surface area contributed by atoms with Gasteiger partial charge in [-0.3, -0.25) is 4.79 Å². The highest BCUT2D eigenvalue weighted by atomic mass is 32.2. The van der Waals surface area contributed by atoms with Crippen LogP contribution in [0.2, 0.25) is 0 Å². The molecule has 0 saturated heterocycles. The van der Waals surface area contributed by atoms with Gasteiger partial charge in [0, 0.05) is 11.5 Å². The number of carbonyl (C=O) groups excluding carboxylic acids is 1. The van der Waals surface area contributed by atoms with Gasteiger partial charge in [-0.15, -0.1) is 0 Å². The van der Waals surface area contributed by atoms with E-state index in [1.165, 1.54) is 24.1 Å². The Morgan fingerprint density at radius 2 is 2.08 bits per heavy atom. The minimum absolute atomic E-state index is 0.101. The van der Waals surface area contributed by atoms with Crippen molar-refractivity contribution in [1.29, 1.82) is 0 Å². The molecule has 0 radical (unpaired) electrons. The van der Waals surface area contributed by atoms with Crippen molar-refractivity contribution in [3.05, 3.63) is 0 Å². The van der Waals surface area contributed by atoms with E-state index in [-0.39, 0.29) is 11.9 Å². The van der Waals surface area contributed by atoms with Crippen molar-refractivity contribution >= 4 is 30.1 Å². The molecule has 1 unspecified atom stereocenters. The highest BCUT2D eigenvalue weighted by Crippen LogP contribution is 2.13. The van der Waals surface area contributed by atoms with Crippen LogP contribution < -0.4 is 0 Å². The van der Waals surface area contributed by atoms with Gasteiger partial charge in [0.2, 0.25) is 0 Å². The van der Waals surface area contributed by atoms with Gasteiger partial charge in [0.15, 0.2) is 0 Å². The fraction of sp³-hybridized carbons (Fsp3) is 0.875.